The maximum Gasteiger partial charge on any atom is 0.311 e. The number of carbonyl (C=O) groups is 1. The van der Waals surface area contributed by atoms with Crippen LogP contribution in [0.1, 0.15) is 63.7 Å². The van der Waals surface area contributed by atoms with Crippen molar-refractivity contribution in [3.63, 3.8) is 0 Å². The SMILES string of the molecule is C=C1CC[C@@H]2[C@](C)(CCC[C@]2(C)C(=O)OC)[C@H]1CCc1ccoc1C[NH+]1CCOCC1. The molecule has 2 heterocycles. The molecule has 4 atom stereocenters. The van der Waals surface area contributed by atoms with Gasteiger partial charge in [-0.3, -0.25) is 4.79 Å². The average Bonchev–Trinajstić information content (AvgIpc) is 3.20. The minimum Gasteiger partial charge on any atom is -0.469 e. The number of morpholine rings is 1. The number of esters is 1. The number of ether oxygens (including phenoxy) is 2. The second-order valence-corrected chi connectivity index (χ2v) is 10.5. The van der Waals surface area contributed by atoms with Gasteiger partial charge in [0.25, 0.3) is 0 Å². The van der Waals surface area contributed by atoms with Crippen LogP contribution in [0.2, 0.25) is 0 Å². The number of nitrogens with one attached hydrogen (secondary N) is 1. The van der Waals surface area contributed by atoms with Crippen LogP contribution in [-0.4, -0.2) is 39.4 Å². The molecule has 0 unspecified atom stereocenters. The number of aryl methyl sites for hydroxylation is 1. The molecule has 3 fully saturated rings. The number of hydrogen-bond acceptors (Lipinski definition) is 4. The summed E-state index contributed by atoms with van der Waals surface area (Å²) in [7, 11) is 1.54. The van der Waals surface area contributed by atoms with Crippen LogP contribution >= 0.6 is 0 Å². The molecule has 172 valence electrons. The second-order valence-electron chi connectivity index (χ2n) is 10.5. The fraction of sp³-hybridized carbons (Fsp3) is 0.731. The van der Waals surface area contributed by atoms with Gasteiger partial charge in [-0.15, -0.1) is 0 Å². The largest absolute Gasteiger partial charge is 0.469 e. The van der Waals surface area contributed by atoms with E-state index in [1.165, 1.54) is 29.6 Å². The molecular weight excluding hydrogens is 390 g/mol. The number of methoxy groups -OCH3 is 1. The van der Waals surface area contributed by atoms with Crippen LogP contribution in [0.15, 0.2) is 28.9 Å². The summed E-state index contributed by atoms with van der Waals surface area (Å²) >= 11 is 0. The molecule has 0 amide bonds. The first-order valence-corrected chi connectivity index (χ1v) is 12.1. The number of hydrogen-bond donors (Lipinski definition) is 1. The van der Waals surface area contributed by atoms with Crippen molar-refractivity contribution >= 4 is 5.97 Å². The van der Waals surface area contributed by atoms with Crippen molar-refractivity contribution in [2.75, 3.05) is 33.4 Å². The first-order chi connectivity index (χ1) is 14.9. The minimum absolute atomic E-state index is 0.0275. The Labute approximate surface area is 187 Å². The van der Waals surface area contributed by atoms with Gasteiger partial charge in [0.1, 0.15) is 19.6 Å². The third-order valence-electron chi connectivity index (χ3n) is 8.82. The number of fused-ring (bicyclic) bond motifs is 1. The standard InChI is InChI=1S/C26H39NO4/c1-19-6-9-23-25(2,11-5-12-26(23,3)24(28)29-4)21(19)8-7-20-10-15-31-22(20)18-27-13-16-30-17-14-27/h10,15,21,23H,1,5-9,11-14,16-18H2,2-4H3/p+1/t21-,23+,25+,26-/m0/s1. The highest BCUT2D eigenvalue weighted by atomic mass is 16.5. The van der Waals surface area contributed by atoms with Gasteiger partial charge in [-0.25, -0.2) is 0 Å². The van der Waals surface area contributed by atoms with E-state index in [9.17, 15) is 4.79 Å². The summed E-state index contributed by atoms with van der Waals surface area (Å²) in [5, 5.41) is 0. The van der Waals surface area contributed by atoms with Gasteiger partial charge in [0.2, 0.25) is 0 Å². The molecule has 1 aliphatic heterocycles. The molecule has 1 aromatic heterocycles. The lowest BCUT2D eigenvalue weighted by molar-refractivity contribution is -0.922. The van der Waals surface area contributed by atoms with E-state index in [-0.39, 0.29) is 16.8 Å². The molecule has 4 rings (SSSR count). The Morgan fingerprint density at radius 2 is 2.06 bits per heavy atom. The summed E-state index contributed by atoms with van der Waals surface area (Å²) in [5.74, 6) is 1.90. The highest BCUT2D eigenvalue weighted by Gasteiger charge is 2.57. The van der Waals surface area contributed by atoms with Crippen molar-refractivity contribution in [2.45, 2.75) is 65.3 Å². The first kappa shape index (κ1) is 22.6. The molecule has 0 aromatic carbocycles. The van der Waals surface area contributed by atoms with Crippen LogP contribution in [-0.2, 0) is 27.2 Å². The fourth-order valence-corrected chi connectivity index (χ4v) is 7.07. The van der Waals surface area contributed by atoms with E-state index in [1.807, 2.05) is 6.26 Å². The number of furan rings is 1. The zero-order valence-electron chi connectivity index (χ0n) is 19.6. The number of carbonyl (C=O) groups excluding carboxylic acids is 1. The monoisotopic (exact) mass is 430 g/mol. The van der Waals surface area contributed by atoms with E-state index in [0.717, 1.165) is 77.1 Å². The lowest BCUT2D eigenvalue weighted by atomic mass is 9.46. The number of rotatable bonds is 6. The van der Waals surface area contributed by atoms with Gasteiger partial charge in [-0.05, 0) is 74.3 Å². The molecule has 1 aromatic rings. The zero-order chi connectivity index (χ0) is 22.1. The Balaban J connectivity index is 1.49. The second kappa shape index (κ2) is 9.11. The predicted octanol–water partition coefficient (Wildman–Crippen LogP) is 3.58. The van der Waals surface area contributed by atoms with Crippen LogP contribution in [0.3, 0.4) is 0 Å². The van der Waals surface area contributed by atoms with E-state index in [2.05, 4.69) is 26.5 Å². The van der Waals surface area contributed by atoms with E-state index < -0.39 is 0 Å². The van der Waals surface area contributed by atoms with Crippen molar-refractivity contribution in [1.82, 2.24) is 0 Å². The molecule has 2 aliphatic carbocycles. The van der Waals surface area contributed by atoms with Gasteiger partial charge < -0.3 is 18.8 Å². The van der Waals surface area contributed by atoms with E-state index in [0.29, 0.717) is 11.8 Å². The van der Waals surface area contributed by atoms with Crippen molar-refractivity contribution in [3.05, 3.63) is 35.8 Å². The Kier molecular flexibility index (Phi) is 6.64. The lowest BCUT2D eigenvalue weighted by Gasteiger charge is -2.57. The molecule has 3 aliphatic rings. The van der Waals surface area contributed by atoms with Gasteiger partial charge in [-0.2, -0.15) is 0 Å². The van der Waals surface area contributed by atoms with E-state index in [1.54, 1.807) is 0 Å². The molecule has 5 nitrogen and oxygen atoms in total. The molecule has 5 heteroatoms. The molecule has 0 spiro atoms. The molecule has 1 N–H and O–H groups in total. The quantitative estimate of drug-likeness (QED) is 0.554. The van der Waals surface area contributed by atoms with Gasteiger partial charge in [0, 0.05) is 0 Å². The van der Waals surface area contributed by atoms with Crippen LogP contribution in [0.5, 0.6) is 0 Å². The highest BCUT2D eigenvalue weighted by Crippen LogP contribution is 2.62. The van der Waals surface area contributed by atoms with E-state index in [4.69, 9.17) is 13.9 Å². The minimum atomic E-state index is -0.374. The third-order valence-corrected chi connectivity index (χ3v) is 8.82. The molecule has 31 heavy (non-hydrogen) atoms. The Hall–Kier alpha value is -1.59. The summed E-state index contributed by atoms with van der Waals surface area (Å²) < 4.78 is 16.7. The van der Waals surface area contributed by atoms with E-state index >= 15 is 0 Å². The molecule has 1 saturated heterocycles. The normalized spacial score (nSPS) is 34.4. The summed E-state index contributed by atoms with van der Waals surface area (Å²) in [6.45, 7) is 13.8. The van der Waals surface area contributed by atoms with Gasteiger partial charge >= 0.3 is 5.97 Å². The molecule has 0 radical (unpaired) electrons. The highest BCUT2D eigenvalue weighted by molar-refractivity contribution is 5.77. The number of quaternary nitrogens is 1. The topological polar surface area (TPSA) is 53.1 Å². The summed E-state index contributed by atoms with van der Waals surface area (Å²) in [5.41, 5.74) is 2.44. The van der Waals surface area contributed by atoms with Gasteiger partial charge in [0.15, 0.2) is 5.76 Å². The van der Waals surface area contributed by atoms with Gasteiger partial charge in [0.05, 0.1) is 32.0 Å². The maximum absolute atomic E-state index is 12.8. The summed E-state index contributed by atoms with van der Waals surface area (Å²) in [6.07, 6.45) is 9.20. The van der Waals surface area contributed by atoms with Crippen LogP contribution in [0.25, 0.3) is 0 Å². The lowest BCUT2D eigenvalue weighted by Crippen LogP contribution is -3.12. The smallest absolute Gasteiger partial charge is 0.311 e. The van der Waals surface area contributed by atoms with Gasteiger partial charge in [-0.1, -0.05) is 25.5 Å². The maximum atomic E-state index is 12.8. The Morgan fingerprint density at radius 1 is 1.29 bits per heavy atom. The summed E-state index contributed by atoms with van der Waals surface area (Å²) in [4.78, 5) is 14.3. The fourth-order valence-electron chi connectivity index (χ4n) is 7.07. The van der Waals surface area contributed by atoms with Crippen LogP contribution < -0.4 is 4.90 Å². The first-order valence-electron chi connectivity index (χ1n) is 12.1. The Morgan fingerprint density at radius 3 is 2.81 bits per heavy atom. The Bertz CT molecular complexity index is 795. The van der Waals surface area contributed by atoms with Crippen molar-refractivity contribution in [1.29, 1.82) is 0 Å². The zero-order valence-corrected chi connectivity index (χ0v) is 19.6. The average molecular weight is 431 g/mol. The molecule has 2 saturated carbocycles. The van der Waals surface area contributed by atoms with Crippen molar-refractivity contribution < 1.29 is 23.6 Å². The number of allylic oxidation sites excluding steroid dienone is 1. The van der Waals surface area contributed by atoms with Crippen molar-refractivity contribution in [3.8, 4) is 0 Å². The van der Waals surface area contributed by atoms with Crippen LogP contribution in [0.4, 0.5) is 0 Å². The third kappa shape index (κ3) is 4.23. The van der Waals surface area contributed by atoms with Crippen molar-refractivity contribution in [2.24, 2.45) is 22.7 Å². The summed E-state index contributed by atoms with van der Waals surface area (Å²) in [6, 6.07) is 2.15. The predicted molar refractivity (Wildman–Crippen MR) is 120 cm³/mol. The van der Waals surface area contributed by atoms with Crippen LogP contribution in [0, 0.1) is 22.7 Å². The molecule has 0 bridgehead atoms. The molecular formula is C26H40NO4+.